The molecule has 1 saturated carbocycles. The Morgan fingerprint density at radius 1 is 1.36 bits per heavy atom. The summed E-state index contributed by atoms with van der Waals surface area (Å²) in [5.41, 5.74) is 1.42. The number of fused-ring (bicyclic) bond motifs is 1. The van der Waals surface area contributed by atoms with Gasteiger partial charge < -0.3 is 25.4 Å². The van der Waals surface area contributed by atoms with Gasteiger partial charge in [-0.2, -0.15) is 0 Å². The van der Waals surface area contributed by atoms with E-state index in [0.717, 1.165) is 29.7 Å². The zero-order valence-corrected chi connectivity index (χ0v) is 20.8. The molecule has 0 saturated heterocycles. The number of aryl methyl sites for hydroxylation is 2. The van der Waals surface area contributed by atoms with Crippen LogP contribution in [0.25, 0.3) is 0 Å². The van der Waals surface area contributed by atoms with Gasteiger partial charge in [-0.15, -0.1) is 16.4 Å². The number of anilines is 2. The third-order valence-electron chi connectivity index (χ3n) is 6.07. The summed E-state index contributed by atoms with van der Waals surface area (Å²) >= 11 is 6.99. The van der Waals surface area contributed by atoms with Crippen molar-refractivity contribution < 1.29 is 19.1 Å². The first-order chi connectivity index (χ1) is 15.8. The van der Waals surface area contributed by atoms with Gasteiger partial charge in [0.25, 0.3) is 0 Å². The minimum Gasteiger partial charge on any atom is -0.480 e. The normalized spacial score (nSPS) is 21.0. The maximum Gasteiger partial charge on any atom is 0.341 e. The molecule has 0 spiro atoms. The van der Waals surface area contributed by atoms with E-state index in [2.05, 4.69) is 28.0 Å². The van der Waals surface area contributed by atoms with E-state index in [0.29, 0.717) is 39.7 Å². The van der Waals surface area contributed by atoms with Gasteiger partial charge in [0.1, 0.15) is 10.8 Å². The molecule has 0 aromatic carbocycles. The summed E-state index contributed by atoms with van der Waals surface area (Å²) < 4.78 is 12.1. The van der Waals surface area contributed by atoms with Gasteiger partial charge in [0.15, 0.2) is 5.11 Å². The SMILES string of the molecule is CCOC(=O)c1c(NC(=O)[C@H]2C[C@@H]2C)sc2c1C[C@@H](NC(=S)Nc1cc(OC)nn1C)CC2. The van der Waals surface area contributed by atoms with Crippen molar-refractivity contribution in [3.8, 4) is 5.88 Å². The summed E-state index contributed by atoms with van der Waals surface area (Å²) in [5.74, 6) is 1.23. The molecule has 9 nitrogen and oxygen atoms in total. The van der Waals surface area contributed by atoms with Crippen LogP contribution in [0.2, 0.25) is 0 Å². The Kier molecular flexibility index (Phi) is 6.89. The number of methoxy groups -OCH3 is 1. The summed E-state index contributed by atoms with van der Waals surface area (Å²) in [7, 11) is 3.36. The predicted octanol–water partition coefficient (Wildman–Crippen LogP) is 3.11. The lowest BCUT2D eigenvalue weighted by Crippen LogP contribution is -2.41. The van der Waals surface area contributed by atoms with Crippen LogP contribution in [0.3, 0.4) is 0 Å². The molecule has 0 bridgehead atoms. The Morgan fingerprint density at radius 2 is 2.12 bits per heavy atom. The van der Waals surface area contributed by atoms with Gasteiger partial charge in [-0.05, 0) is 56.3 Å². The smallest absolute Gasteiger partial charge is 0.341 e. The first-order valence-corrected chi connectivity index (χ1v) is 12.3. The Labute approximate surface area is 202 Å². The topological polar surface area (TPSA) is 107 Å². The van der Waals surface area contributed by atoms with E-state index in [1.54, 1.807) is 31.8 Å². The van der Waals surface area contributed by atoms with Gasteiger partial charge in [-0.3, -0.25) is 4.79 Å². The van der Waals surface area contributed by atoms with Gasteiger partial charge in [0, 0.05) is 30.0 Å². The van der Waals surface area contributed by atoms with E-state index in [1.807, 2.05) is 0 Å². The van der Waals surface area contributed by atoms with Crippen LogP contribution in [0.15, 0.2) is 6.07 Å². The zero-order valence-electron chi connectivity index (χ0n) is 19.2. The third-order valence-corrected chi connectivity index (χ3v) is 7.49. The summed E-state index contributed by atoms with van der Waals surface area (Å²) in [6.07, 6.45) is 3.16. The highest BCUT2D eigenvalue weighted by atomic mass is 32.1. The fraction of sp³-hybridized carbons (Fsp3) is 0.545. The first-order valence-electron chi connectivity index (χ1n) is 11.1. The van der Waals surface area contributed by atoms with Crippen molar-refractivity contribution in [3.63, 3.8) is 0 Å². The van der Waals surface area contributed by atoms with Crippen LogP contribution < -0.4 is 20.7 Å². The minimum absolute atomic E-state index is 0.0155. The van der Waals surface area contributed by atoms with Crippen molar-refractivity contribution in [2.24, 2.45) is 18.9 Å². The van der Waals surface area contributed by atoms with E-state index in [9.17, 15) is 9.59 Å². The molecule has 1 fully saturated rings. The third kappa shape index (κ3) is 5.14. The standard InChI is InChI=1S/C22H29N5O4S2/c1-5-31-21(29)18-14-9-12(23-22(32)24-16-10-17(30-4)26-27(16)3)6-7-15(14)33-20(18)25-19(28)13-8-11(13)2/h10-13H,5-9H2,1-4H3,(H,25,28)(H2,23,24,32)/t11-,12-,13-/m0/s1. The van der Waals surface area contributed by atoms with E-state index < -0.39 is 5.97 Å². The quantitative estimate of drug-likeness (QED) is 0.401. The van der Waals surface area contributed by atoms with Crippen molar-refractivity contribution in [1.29, 1.82) is 0 Å². The number of thiophene rings is 1. The van der Waals surface area contributed by atoms with E-state index >= 15 is 0 Å². The van der Waals surface area contributed by atoms with Crippen molar-refractivity contribution in [2.75, 3.05) is 24.4 Å². The summed E-state index contributed by atoms with van der Waals surface area (Å²) in [6, 6.07) is 1.81. The second-order valence-electron chi connectivity index (χ2n) is 8.47. The molecule has 2 aliphatic rings. The second-order valence-corrected chi connectivity index (χ2v) is 9.98. The highest BCUT2D eigenvalue weighted by Gasteiger charge is 2.40. The molecule has 3 N–H and O–H groups in total. The van der Waals surface area contributed by atoms with Crippen molar-refractivity contribution in [3.05, 3.63) is 22.1 Å². The fourth-order valence-electron chi connectivity index (χ4n) is 4.10. The van der Waals surface area contributed by atoms with Gasteiger partial charge in [0.2, 0.25) is 11.8 Å². The Bertz CT molecular complexity index is 1080. The molecule has 11 heteroatoms. The lowest BCUT2D eigenvalue weighted by molar-refractivity contribution is -0.117. The summed E-state index contributed by atoms with van der Waals surface area (Å²) in [5, 5.41) is 14.8. The molecule has 2 aromatic heterocycles. The molecule has 2 aliphatic carbocycles. The number of rotatable bonds is 7. The number of thiocarbonyl (C=S) groups is 1. The minimum atomic E-state index is -0.391. The van der Waals surface area contributed by atoms with Crippen LogP contribution in [0.5, 0.6) is 5.88 Å². The predicted molar refractivity (Wildman–Crippen MR) is 131 cm³/mol. The lowest BCUT2D eigenvalue weighted by Gasteiger charge is -2.25. The van der Waals surface area contributed by atoms with Gasteiger partial charge >= 0.3 is 5.97 Å². The number of aromatic nitrogens is 2. The monoisotopic (exact) mass is 491 g/mol. The van der Waals surface area contributed by atoms with Crippen LogP contribution in [-0.4, -0.2) is 46.5 Å². The molecule has 0 radical (unpaired) electrons. The number of carbonyl (C=O) groups is 2. The molecule has 2 aromatic rings. The molecule has 3 atom stereocenters. The molecule has 33 heavy (non-hydrogen) atoms. The largest absolute Gasteiger partial charge is 0.480 e. The van der Waals surface area contributed by atoms with Crippen molar-refractivity contribution >= 4 is 51.4 Å². The zero-order chi connectivity index (χ0) is 23.7. The molecule has 1 amide bonds. The fourth-order valence-corrected chi connectivity index (χ4v) is 5.61. The Balaban J connectivity index is 1.48. The van der Waals surface area contributed by atoms with Gasteiger partial charge in [-0.25, -0.2) is 9.48 Å². The van der Waals surface area contributed by atoms with E-state index in [-0.39, 0.29) is 24.5 Å². The molecule has 0 unspecified atom stereocenters. The summed E-state index contributed by atoms with van der Waals surface area (Å²) in [4.78, 5) is 26.5. The Hall–Kier alpha value is -2.66. The number of hydrogen-bond donors (Lipinski definition) is 3. The molecular formula is C22H29N5O4S2. The highest BCUT2D eigenvalue weighted by molar-refractivity contribution is 7.80. The Morgan fingerprint density at radius 3 is 2.76 bits per heavy atom. The maximum absolute atomic E-state index is 12.8. The van der Waals surface area contributed by atoms with Crippen molar-refractivity contribution in [1.82, 2.24) is 15.1 Å². The van der Waals surface area contributed by atoms with E-state index in [1.165, 1.54) is 11.3 Å². The lowest BCUT2D eigenvalue weighted by atomic mass is 9.91. The molecule has 2 heterocycles. The van der Waals surface area contributed by atoms with Crippen LogP contribution in [0.1, 0.15) is 47.5 Å². The number of nitrogens with zero attached hydrogens (tertiary/aromatic N) is 2. The average molecular weight is 492 g/mol. The second kappa shape index (κ2) is 9.68. The highest BCUT2D eigenvalue weighted by Crippen LogP contribution is 2.42. The molecule has 0 aliphatic heterocycles. The van der Waals surface area contributed by atoms with Crippen LogP contribution in [-0.2, 0) is 29.4 Å². The number of ether oxygens (including phenoxy) is 2. The molecule has 4 rings (SSSR count). The number of hydrogen-bond acceptors (Lipinski definition) is 7. The average Bonchev–Trinajstić information content (AvgIpc) is 3.25. The maximum atomic E-state index is 12.8. The van der Waals surface area contributed by atoms with E-state index in [4.69, 9.17) is 21.7 Å². The molecule has 178 valence electrons. The number of nitrogens with one attached hydrogen (secondary N) is 3. The van der Waals surface area contributed by atoms with Crippen LogP contribution >= 0.6 is 23.6 Å². The first kappa shape index (κ1) is 23.5. The number of amides is 1. The summed E-state index contributed by atoms with van der Waals surface area (Å²) in [6.45, 7) is 4.12. The van der Waals surface area contributed by atoms with Gasteiger partial charge in [-0.1, -0.05) is 6.92 Å². The number of esters is 1. The number of carbonyl (C=O) groups excluding carboxylic acids is 2. The molecular weight excluding hydrogens is 462 g/mol. The van der Waals surface area contributed by atoms with Crippen LogP contribution in [0, 0.1) is 11.8 Å². The van der Waals surface area contributed by atoms with Crippen molar-refractivity contribution in [2.45, 2.75) is 45.6 Å². The van der Waals surface area contributed by atoms with Gasteiger partial charge in [0.05, 0.1) is 19.3 Å². The van der Waals surface area contributed by atoms with Crippen LogP contribution in [0.4, 0.5) is 10.8 Å².